The molecule has 0 radical (unpaired) electrons. The second-order valence-electron chi connectivity index (χ2n) is 7.34. The summed E-state index contributed by atoms with van der Waals surface area (Å²) in [5.74, 6) is -0.919. The van der Waals surface area contributed by atoms with Crippen molar-refractivity contribution < 1.29 is 13.2 Å². The van der Waals surface area contributed by atoms with Crippen molar-refractivity contribution in [1.29, 1.82) is 5.26 Å². The van der Waals surface area contributed by atoms with Crippen LogP contribution in [0.2, 0.25) is 5.02 Å². The normalized spacial score (nSPS) is 11.1. The first-order valence-corrected chi connectivity index (χ1v) is 13.1. The SMILES string of the molecule is CCS(=O)(=O)NC(=O)c1nc(N(CCc2ccc(C#N)cc2)Cc2ccc(Cl)cc2)sc1C. The molecule has 1 N–H and O–H groups in total. The highest BCUT2D eigenvalue weighted by molar-refractivity contribution is 7.90. The van der Waals surface area contributed by atoms with Gasteiger partial charge in [0, 0.05) is 23.0 Å². The Bertz CT molecular complexity index is 1260. The lowest BCUT2D eigenvalue weighted by Crippen LogP contribution is -2.32. The van der Waals surface area contributed by atoms with Crippen molar-refractivity contribution in [1.82, 2.24) is 9.71 Å². The number of anilines is 1. The molecule has 172 valence electrons. The molecule has 2 aromatic carbocycles. The molecule has 0 atom stereocenters. The third kappa shape index (κ3) is 6.78. The van der Waals surface area contributed by atoms with Gasteiger partial charge in [0.2, 0.25) is 10.0 Å². The van der Waals surface area contributed by atoms with E-state index < -0.39 is 15.9 Å². The number of sulfonamides is 1. The van der Waals surface area contributed by atoms with Gasteiger partial charge in [-0.25, -0.2) is 18.1 Å². The van der Waals surface area contributed by atoms with E-state index in [-0.39, 0.29) is 11.4 Å². The summed E-state index contributed by atoms with van der Waals surface area (Å²) in [6.07, 6.45) is 0.698. The summed E-state index contributed by atoms with van der Waals surface area (Å²) in [5.41, 5.74) is 2.79. The smallest absolute Gasteiger partial charge is 0.284 e. The van der Waals surface area contributed by atoms with Gasteiger partial charge in [0.05, 0.1) is 17.4 Å². The molecule has 10 heteroatoms. The molecule has 0 spiro atoms. The monoisotopic (exact) mass is 502 g/mol. The minimum atomic E-state index is -3.68. The first-order valence-electron chi connectivity index (χ1n) is 10.2. The lowest BCUT2D eigenvalue weighted by molar-refractivity contribution is 0.0977. The highest BCUT2D eigenvalue weighted by Crippen LogP contribution is 2.28. The molecule has 0 saturated carbocycles. The minimum Gasteiger partial charge on any atom is -0.343 e. The summed E-state index contributed by atoms with van der Waals surface area (Å²) < 4.78 is 25.7. The number of amides is 1. The van der Waals surface area contributed by atoms with Gasteiger partial charge >= 0.3 is 0 Å². The molecule has 0 fully saturated rings. The molecule has 0 aliphatic heterocycles. The number of hydrogen-bond acceptors (Lipinski definition) is 7. The minimum absolute atomic E-state index is 0.103. The van der Waals surface area contributed by atoms with E-state index in [1.54, 1.807) is 19.1 Å². The zero-order valence-corrected chi connectivity index (χ0v) is 20.6. The van der Waals surface area contributed by atoms with Crippen LogP contribution in [0.1, 0.15) is 39.0 Å². The van der Waals surface area contributed by atoms with Crippen molar-refractivity contribution in [3.05, 3.63) is 80.8 Å². The third-order valence-corrected chi connectivity index (χ3v) is 7.48. The standard InChI is InChI=1S/C23H23ClN4O3S2/c1-3-33(30,31)27-22(29)21-16(2)32-23(26-21)28(15-19-8-10-20(24)11-9-19)13-12-17-4-6-18(14-25)7-5-17/h4-11H,3,12-13,15H2,1-2H3,(H,27,29). The van der Waals surface area contributed by atoms with E-state index in [4.69, 9.17) is 16.9 Å². The van der Waals surface area contributed by atoms with E-state index in [9.17, 15) is 13.2 Å². The molecule has 33 heavy (non-hydrogen) atoms. The largest absolute Gasteiger partial charge is 0.343 e. The van der Waals surface area contributed by atoms with Gasteiger partial charge in [0.1, 0.15) is 5.69 Å². The molecule has 1 amide bonds. The van der Waals surface area contributed by atoms with Crippen molar-refractivity contribution in [2.45, 2.75) is 26.8 Å². The van der Waals surface area contributed by atoms with Crippen molar-refractivity contribution in [3.8, 4) is 6.07 Å². The molecule has 1 heterocycles. The lowest BCUT2D eigenvalue weighted by Gasteiger charge is -2.22. The summed E-state index contributed by atoms with van der Waals surface area (Å²) in [6.45, 7) is 4.35. The Kier molecular flexibility index (Phi) is 8.08. The van der Waals surface area contributed by atoms with Crippen molar-refractivity contribution in [2.75, 3.05) is 17.2 Å². The number of carbonyl (C=O) groups excluding carboxylic acids is 1. The number of nitrogens with one attached hydrogen (secondary N) is 1. The second-order valence-corrected chi connectivity index (χ2v) is 11.0. The van der Waals surface area contributed by atoms with E-state index in [1.165, 1.54) is 18.3 Å². The van der Waals surface area contributed by atoms with Gasteiger partial charge in [-0.1, -0.05) is 35.9 Å². The van der Waals surface area contributed by atoms with Crippen molar-refractivity contribution in [2.24, 2.45) is 0 Å². The van der Waals surface area contributed by atoms with Crippen molar-refractivity contribution in [3.63, 3.8) is 0 Å². The fourth-order valence-electron chi connectivity index (χ4n) is 3.05. The van der Waals surface area contributed by atoms with Crippen LogP contribution in [0.3, 0.4) is 0 Å². The number of thiazole rings is 1. The van der Waals surface area contributed by atoms with E-state index in [0.29, 0.717) is 40.1 Å². The van der Waals surface area contributed by atoms with Crippen LogP contribution in [0, 0.1) is 18.3 Å². The summed E-state index contributed by atoms with van der Waals surface area (Å²) in [5, 5.41) is 10.3. The maximum atomic E-state index is 12.5. The van der Waals surface area contributed by atoms with Gasteiger partial charge in [0.25, 0.3) is 5.91 Å². The van der Waals surface area contributed by atoms with Crippen LogP contribution in [-0.4, -0.2) is 31.6 Å². The first-order chi connectivity index (χ1) is 15.7. The number of nitrogens with zero attached hydrogens (tertiary/aromatic N) is 3. The second kappa shape index (κ2) is 10.8. The predicted molar refractivity (Wildman–Crippen MR) is 131 cm³/mol. The number of aryl methyl sites for hydroxylation is 1. The summed E-state index contributed by atoms with van der Waals surface area (Å²) in [4.78, 5) is 19.7. The van der Waals surface area contributed by atoms with E-state index >= 15 is 0 Å². The summed E-state index contributed by atoms with van der Waals surface area (Å²) in [7, 11) is -3.68. The predicted octanol–water partition coefficient (Wildman–Crippen LogP) is 4.31. The fourth-order valence-corrected chi connectivity index (χ4v) is 4.63. The van der Waals surface area contributed by atoms with Crippen LogP contribution < -0.4 is 9.62 Å². The van der Waals surface area contributed by atoms with Crippen LogP contribution in [0.25, 0.3) is 0 Å². The quantitative estimate of drug-likeness (QED) is 0.467. The number of aromatic nitrogens is 1. The third-order valence-electron chi connectivity index (χ3n) is 4.94. The van der Waals surface area contributed by atoms with Gasteiger partial charge in [-0.15, -0.1) is 11.3 Å². The number of nitriles is 1. The summed E-state index contributed by atoms with van der Waals surface area (Å²) in [6, 6.07) is 17.0. The first kappa shape index (κ1) is 24.7. The number of rotatable bonds is 9. The Morgan fingerprint density at radius 3 is 2.39 bits per heavy atom. The number of hydrogen-bond donors (Lipinski definition) is 1. The molecule has 3 rings (SSSR count). The highest BCUT2D eigenvalue weighted by atomic mass is 35.5. The number of carbonyl (C=O) groups is 1. The maximum Gasteiger partial charge on any atom is 0.284 e. The molecule has 0 aliphatic carbocycles. The molecular weight excluding hydrogens is 480 g/mol. The molecule has 0 saturated heterocycles. The van der Waals surface area contributed by atoms with Gasteiger partial charge in [-0.3, -0.25) is 4.79 Å². The number of benzene rings is 2. The molecular formula is C23H23ClN4O3S2. The maximum absolute atomic E-state index is 12.5. The molecule has 0 bridgehead atoms. The Balaban J connectivity index is 1.85. The van der Waals surface area contributed by atoms with Crippen LogP contribution in [0.5, 0.6) is 0 Å². The lowest BCUT2D eigenvalue weighted by atomic mass is 10.1. The van der Waals surface area contributed by atoms with Gasteiger partial charge in [-0.2, -0.15) is 5.26 Å². The zero-order chi connectivity index (χ0) is 24.0. The average Bonchev–Trinajstić information content (AvgIpc) is 3.19. The Hall–Kier alpha value is -2.93. The van der Waals surface area contributed by atoms with E-state index in [0.717, 1.165) is 11.1 Å². The molecule has 0 unspecified atom stereocenters. The highest BCUT2D eigenvalue weighted by Gasteiger charge is 2.22. The molecule has 3 aromatic rings. The molecule has 0 aliphatic rings. The Labute approximate surface area is 202 Å². The van der Waals surface area contributed by atoms with Crippen LogP contribution in [0.15, 0.2) is 48.5 Å². The van der Waals surface area contributed by atoms with Gasteiger partial charge in [0.15, 0.2) is 5.13 Å². The molecule has 1 aromatic heterocycles. The summed E-state index contributed by atoms with van der Waals surface area (Å²) >= 11 is 7.35. The Morgan fingerprint density at radius 2 is 1.79 bits per heavy atom. The van der Waals surface area contributed by atoms with Gasteiger partial charge < -0.3 is 4.90 Å². The van der Waals surface area contributed by atoms with Crippen LogP contribution in [-0.2, 0) is 23.0 Å². The van der Waals surface area contributed by atoms with E-state index in [1.807, 2.05) is 41.3 Å². The van der Waals surface area contributed by atoms with Gasteiger partial charge in [-0.05, 0) is 55.7 Å². The molecule has 7 nitrogen and oxygen atoms in total. The van der Waals surface area contributed by atoms with Crippen molar-refractivity contribution >= 4 is 44.0 Å². The topological polar surface area (TPSA) is 103 Å². The van der Waals surface area contributed by atoms with Crippen LogP contribution in [0.4, 0.5) is 5.13 Å². The number of halogens is 1. The Morgan fingerprint density at radius 1 is 1.15 bits per heavy atom. The van der Waals surface area contributed by atoms with E-state index in [2.05, 4.69) is 15.8 Å². The average molecular weight is 503 g/mol. The fraction of sp³-hybridized carbons (Fsp3) is 0.261. The zero-order valence-electron chi connectivity index (χ0n) is 18.2. The van der Waals surface area contributed by atoms with Crippen LogP contribution >= 0.6 is 22.9 Å².